The van der Waals surface area contributed by atoms with Crippen LogP contribution in [0.3, 0.4) is 0 Å². The van der Waals surface area contributed by atoms with E-state index in [0.717, 1.165) is 37.2 Å². The van der Waals surface area contributed by atoms with Crippen molar-refractivity contribution in [3.05, 3.63) is 69.8 Å². The topological polar surface area (TPSA) is 96.7 Å². The number of carbonyl (C=O) groups is 1. The molecule has 154 valence electrons. The van der Waals surface area contributed by atoms with E-state index in [0.29, 0.717) is 12.1 Å². The number of benzene rings is 2. The van der Waals surface area contributed by atoms with Gasteiger partial charge in [-0.1, -0.05) is 24.3 Å². The zero-order chi connectivity index (χ0) is 20.6. The van der Waals surface area contributed by atoms with Gasteiger partial charge < -0.3 is 15.4 Å². The molecule has 0 aliphatic carbocycles. The number of carbonyl (C=O) groups excluding carboxylic acids is 1. The average Bonchev–Trinajstić information content (AvgIpc) is 3.27. The Balaban J connectivity index is 1.57. The van der Waals surface area contributed by atoms with E-state index in [2.05, 4.69) is 15.5 Å². The van der Waals surface area contributed by atoms with E-state index >= 15 is 0 Å². The molecule has 1 heterocycles. The SMILES string of the molecule is COc1ccc(C(CNC(=O)NCc2cccc([N+](=O)[O-])c2)N2CCCC2)cc1. The number of likely N-dealkylation sites (tertiary alicyclic amines) is 1. The molecule has 0 saturated carbocycles. The highest BCUT2D eigenvalue weighted by atomic mass is 16.6. The second-order valence-corrected chi connectivity index (χ2v) is 7.02. The maximum Gasteiger partial charge on any atom is 0.315 e. The predicted molar refractivity (Wildman–Crippen MR) is 110 cm³/mol. The van der Waals surface area contributed by atoms with Crippen LogP contribution in [0, 0.1) is 10.1 Å². The molecule has 0 spiro atoms. The van der Waals surface area contributed by atoms with Gasteiger partial charge in [0.05, 0.1) is 18.1 Å². The highest BCUT2D eigenvalue weighted by molar-refractivity contribution is 5.73. The first kappa shape index (κ1) is 20.6. The Morgan fingerprint density at radius 1 is 1.17 bits per heavy atom. The van der Waals surface area contributed by atoms with Crippen LogP contribution < -0.4 is 15.4 Å². The Morgan fingerprint density at radius 2 is 1.90 bits per heavy atom. The normalized spacial score (nSPS) is 14.9. The number of nitro benzene ring substituents is 1. The van der Waals surface area contributed by atoms with E-state index in [-0.39, 0.29) is 24.3 Å². The summed E-state index contributed by atoms with van der Waals surface area (Å²) in [5, 5.41) is 16.6. The zero-order valence-electron chi connectivity index (χ0n) is 16.5. The summed E-state index contributed by atoms with van der Waals surface area (Å²) in [5.41, 5.74) is 1.82. The van der Waals surface area contributed by atoms with Gasteiger partial charge in [-0.25, -0.2) is 4.79 Å². The summed E-state index contributed by atoms with van der Waals surface area (Å²) in [6, 6.07) is 14.0. The summed E-state index contributed by atoms with van der Waals surface area (Å²) in [5.74, 6) is 0.802. The molecule has 2 aromatic carbocycles. The Labute approximate surface area is 170 Å². The van der Waals surface area contributed by atoms with E-state index in [9.17, 15) is 14.9 Å². The van der Waals surface area contributed by atoms with E-state index < -0.39 is 4.92 Å². The van der Waals surface area contributed by atoms with Crippen LogP contribution in [0.2, 0.25) is 0 Å². The number of hydrogen-bond donors (Lipinski definition) is 2. The van der Waals surface area contributed by atoms with Gasteiger partial charge in [0.25, 0.3) is 5.69 Å². The molecule has 1 unspecified atom stereocenters. The highest BCUT2D eigenvalue weighted by Crippen LogP contribution is 2.26. The Bertz CT molecular complexity index is 835. The maximum absolute atomic E-state index is 12.3. The molecule has 1 saturated heterocycles. The highest BCUT2D eigenvalue weighted by Gasteiger charge is 2.24. The van der Waals surface area contributed by atoms with Crippen LogP contribution in [0.1, 0.15) is 30.0 Å². The number of non-ortho nitro benzene ring substituents is 1. The van der Waals surface area contributed by atoms with Crippen molar-refractivity contribution < 1.29 is 14.5 Å². The molecule has 8 nitrogen and oxygen atoms in total. The molecule has 1 atom stereocenters. The fraction of sp³-hybridized carbons (Fsp3) is 0.381. The number of nitrogens with zero attached hydrogens (tertiary/aromatic N) is 2. The minimum absolute atomic E-state index is 0.0123. The zero-order valence-corrected chi connectivity index (χ0v) is 16.5. The first-order valence-corrected chi connectivity index (χ1v) is 9.70. The Kier molecular flexibility index (Phi) is 7.02. The van der Waals surface area contributed by atoms with Crippen LogP contribution in [-0.4, -0.2) is 42.6 Å². The lowest BCUT2D eigenvalue weighted by Crippen LogP contribution is -2.41. The van der Waals surface area contributed by atoms with Gasteiger partial charge in [0.2, 0.25) is 0 Å². The molecule has 2 aromatic rings. The molecule has 29 heavy (non-hydrogen) atoms. The van der Waals surface area contributed by atoms with E-state index in [4.69, 9.17) is 4.74 Å². The third-order valence-electron chi connectivity index (χ3n) is 5.11. The van der Waals surface area contributed by atoms with Crippen molar-refractivity contribution in [2.24, 2.45) is 0 Å². The summed E-state index contributed by atoms with van der Waals surface area (Å²) in [4.78, 5) is 25.1. The van der Waals surface area contributed by atoms with Crippen molar-refractivity contribution in [3.63, 3.8) is 0 Å². The molecule has 0 radical (unpaired) electrons. The van der Waals surface area contributed by atoms with E-state index in [1.807, 2.05) is 24.3 Å². The van der Waals surface area contributed by atoms with Crippen molar-refractivity contribution in [2.45, 2.75) is 25.4 Å². The van der Waals surface area contributed by atoms with Gasteiger partial charge in [0, 0.05) is 25.2 Å². The number of methoxy groups -OCH3 is 1. The van der Waals surface area contributed by atoms with E-state index in [1.54, 1.807) is 19.2 Å². The molecule has 2 amide bonds. The molecule has 1 fully saturated rings. The van der Waals surface area contributed by atoms with Gasteiger partial charge in [-0.2, -0.15) is 0 Å². The smallest absolute Gasteiger partial charge is 0.315 e. The number of ether oxygens (including phenoxy) is 1. The van der Waals surface area contributed by atoms with Crippen LogP contribution in [0.25, 0.3) is 0 Å². The number of nitrogens with one attached hydrogen (secondary N) is 2. The van der Waals surface area contributed by atoms with E-state index in [1.165, 1.54) is 12.1 Å². The lowest BCUT2D eigenvalue weighted by Gasteiger charge is -2.28. The third-order valence-corrected chi connectivity index (χ3v) is 5.11. The number of amides is 2. The predicted octanol–water partition coefficient (Wildman–Crippen LogP) is 3.24. The second kappa shape index (κ2) is 9.88. The second-order valence-electron chi connectivity index (χ2n) is 7.02. The Morgan fingerprint density at radius 3 is 2.55 bits per heavy atom. The summed E-state index contributed by atoms with van der Waals surface area (Å²) < 4.78 is 5.23. The van der Waals surface area contributed by atoms with Gasteiger partial charge in [-0.05, 0) is 49.2 Å². The monoisotopic (exact) mass is 398 g/mol. The number of hydrogen-bond acceptors (Lipinski definition) is 5. The molecular weight excluding hydrogens is 372 g/mol. The third kappa shape index (κ3) is 5.68. The minimum atomic E-state index is -0.445. The minimum Gasteiger partial charge on any atom is -0.497 e. The first-order valence-electron chi connectivity index (χ1n) is 9.70. The van der Waals surface area contributed by atoms with Gasteiger partial charge in [-0.3, -0.25) is 15.0 Å². The molecular formula is C21H26N4O4. The summed E-state index contributed by atoms with van der Waals surface area (Å²) in [7, 11) is 1.64. The molecule has 8 heteroatoms. The van der Waals surface area contributed by atoms with Gasteiger partial charge in [-0.15, -0.1) is 0 Å². The van der Waals surface area contributed by atoms with Crippen molar-refractivity contribution in [1.29, 1.82) is 0 Å². The molecule has 1 aliphatic rings. The fourth-order valence-electron chi connectivity index (χ4n) is 3.55. The van der Waals surface area contributed by atoms with Crippen LogP contribution in [0.5, 0.6) is 5.75 Å². The Hall–Kier alpha value is -3.13. The van der Waals surface area contributed by atoms with Gasteiger partial charge >= 0.3 is 6.03 Å². The first-order chi connectivity index (χ1) is 14.1. The van der Waals surface area contributed by atoms with Crippen LogP contribution >= 0.6 is 0 Å². The number of nitro groups is 1. The molecule has 1 aliphatic heterocycles. The van der Waals surface area contributed by atoms with Crippen molar-refractivity contribution in [2.75, 3.05) is 26.7 Å². The average molecular weight is 398 g/mol. The summed E-state index contributed by atoms with van der Waals surface area (Å²) in [6.07, 6.45) is 2.32. The molecule has 2 N–H and O–H groups in total. The lowest BCUT2D eigenvalue weighted by atomic mass is 10.1. The maximum atomic E-state index is 12.3. The molecule has 0 bridgehead atoms. The largest absolute Gasteiger partial charge is 0.497 e. The van der Waals surface area contributed by atoms with Crippen molar-refractivity contribution in [1.82, 2.24) is 15.5 Å². The van der Waals surface area contributed by atoms with Crippen molar-refractivity contribution in [3.8, 4) is 5.75 Å². The van der Waals surface area contributed by atoms with Gasteiger partial charge in [0.15, 0.2) is 0 Å². The van der Waals surface area contributed by atoms with Crippen LogP contribution in [0.15, 0.2) is 48.5 Å². The standard InChI is InChI=1S/C21H26N4O4/c1-29-19-9-7-17(8-10-19)20(24-11-2-3-12-24)15-23-21(26)22-14-16-5-4-6-18(13-16)25(27)28/h4-10,13,20H,2-3,11-12,14-15H2,1H3,(H2,22,23,26). The lowest BCUT2D eigenvalue weighted by molar-refractivity contribution is -0.384. The number of urea groups is 1. The van der Waals surface area contributed by atoms with Crippen LogP contribution in [-0.2, 0) is 6.54 Å². The molecule has 3 rings (SSSR count). The number of rotatable bonds is 8. The summed E-state index contributed by atoms with van der Waals surface area (Å²) in [6.45, 7) is 2.72. The van der Waals surface area contributed by atoms with Crippen molar-refractivity contribution >= 4 is 11.7 Å². The summed E-state index contributed by atoms with van der Waals surface area (Å²) >= 11 is 0. The van der Waals surface area contributed by atoms with Crippen LogP contribution in [0.4, 0.5) is 10.5 Å². The molecule has 0 aromatic heterocycles. The fourth-order valence-corrected chi connectivity index (χ4v) is 3.55. The van der Waals surface area contributed by atoms with Gasteiger partial charge in [0.1, 0.15) is 5.75 Å². The quantitative estimate of drug-likeness (QED) is 0.526.